The summed E-state index contributed by atoms with van der Waals surface area (Å²) in [7, 11) is 3.01. The number of hydrogen-bond donors (Lipinski definition) is 16. The van der Waals surface area contributed by atoms with Crippen LogP contribution in [0.3, 0.4) is 0 Å². The van der Waals surface area contributed by atoms with Gasteiger partial charge in [0.2, 0.25) is 0 Å². The van der Waals surface area contributed by atoms with Crippen LogP contribution in [0.1, 0.15) is 167 Å². The highest BCUT2D eigenvalue weighted by molar-refractivity contribution is 5.79. The van der Waals surface area contributed by atoms with E-state index < -0.39 is 0 Å². The van der Waals surface area contributed by atoms with Gasteiger partial charge in [0.15, 0.2) is 57.5 Å². The highest BCUT2D eigenvalue weighted by atomic mass is 16.5. The molecule has 10 aromatic rings. The minimum atomic E-state index is -0.199. The highest BCUT2D eigenvalue weighted by Crippen LogP contribution is 2.39. The third-order valence-electron chi connectivity index (χ3n) is 18.2. The lowest BCUT2D eigenvalue weighted by molar-refractivity contribution is 0.280. The van der Waals surface area contributed by atoms with Gasteiger partial charge in [-0.2, -0.15) is 0 Å². The van der Waals surface area contributed by atoms with Crippen LogP contribution in [-0.2, 0) is 32.3 Å². The Balaban J connectivity index is 0.000000238. The van der Waals surface area contributed by atoms with E-state index in [-0.39, 0.29) is 92.8 Å². The highest BCUT2D eigenvalue weighted by Gasteiger charge is 2.17. The van der Waals surface area contributed by atoms with Gasteiger partial charge >= 0.3 is 0 Å². The second kappa shape index (κ2) is 48.5. The Morgan fingerprint density at radius 1 is 0.252 bits per heavy atom. The van der Waals surface area contributed by atoms with Crippen LogP contribution in [0.4, 0.5) is 0 Å². The molecule has 16 N–H and O–H groups in total. The van der Waals surface area contributed by atoms with Crippen molar-refractivity contribution in [3.63, 3.8) is 0 Å². The maximum Gasteiger partial charge on any atom is 0.161 e. The first-order chi connectivity index (χ1) is 58.4. The molecule has 20 heteroatoms. The van der Waals surface area contributed by atoms with Gasteiger partial charge in [-0.3, -0.25) is 0 Å². The molecule has 0 atom stereocenters. The van der Waals surface area contributed by atoms with Crippen LogP contribution >= 0.6 is 0 Å². The quantitative estimate of drug-likeness (QED) is 0.0129. The molecular weight excluding hydrogens is 1560 g/mol. The minimum Gasteiger partial charge on any atom is -0.508 e. The molecule has 10 aromatic carbocycles. The third kappa shape index (κ3) is 33.3. The predicted molar refractivity (Wildman–Crippen MR) is 495 cm³/mol. The number of allylic oxidation sites excluding steroid dienone is 10. The molecule has 0 aliphatic heterocycles. The van der Waals surface area contributed by atoms with Gasteiger partial charge in [-0.25, -0.2) is 0 Å². The zero-order valence-electron chi connectivity index (χ0n) is 72.0. The van der Waals surface area contributed by atoms with Crippen molar-refractivity contribution in [2.75, 3.05) is 27.4 Å². The summed E-state index contributed by atoms with van der Waals surface area (Å²) in [5.41, 5.74) is 18.2. The zero-order valence-corrected chi connectivity index (χ0v) is 72.0. The SMILES string of the molecule is CC(C)=CCOc1cc(O)cc(/C=C/c2ccc(O)c(O)c2)c1.CC(C)=CCc1c(O)cc(/C=C/c2ccc(O)c(O)c2)c(CC=C(C)C)c1O.CC(C)=CCc1c(O)cc(O)cc1/C=C/c1ccc(O)c(O)c1.COc1cc(/C=C/c2cc(O)cc(CO)c2CC=C(C)C)ccc1O.COc1cc(/C=C/c2cc(O)cc(OCC=C(C)C)c2)ccc1O. The predicted octanol–water partition coefficient (Wildman–Crippen LogP) is 23.1. The number of benzene rings is 10. The number of aliphatic hydroxyl groups is 1. The first-order valence-electron chi connectivity index (χ1n) is 39.4. The molecule has 0 amide bonds. The van der Waals surface area contributed by atoms with Gasteiger partial charge in [-0.05, 0) is 297 Å². The van der Waals surface area contributed by atoms with Crippen LogP contribution in [0.15, 0.2) is 228 Å². The Kier molecular flexibility index (Phi) is 38.4. The number of ether oxygens (including phenoxy) is 4. The minimum absolute atomic E-state index is 0.0170. The molecule has 0 bridgehead atoms. The molecule has 0 aliphatic carbocycles. The molecule has 0 saturated carbocycles. The molecule has 0 aliphatic rings. The van der Waals surface area contributed by atoms with E-state index in [1.807, 2.05) is 150 Å². The topological polar surface area (TPSA) is 361 Å². The van der Waals surface area contributed by atoms with Crippen LogP contribution in [0, 0.1) is 0 Å². The van der Waals surface area contributed by atoms with Gasteiger partial charge in [0.25, 0.3) is 0 Å². The van der Waals surface area contributed by atoms with Gasteiger partial charge in [-0.1, -0.05) is 149 Å². The molecule has 0 fully saturated rings. The monoisotopic (exact) mass is 1670 g/mol. The van der Waals surface area contributed by atoms with Gasteiger partial charge in [0.1, 0.15) is 65.0 Å². The average Bonchev–Trinajstić information content (AvgIpc) is 0.812. The lowest BCUT2D eigenvalue weighted by Crippen LogP contribution is -1.97. The van der Waals surface area contributed by atoms with E-state index in [2.05, 4.69) is 6.08 Å². The maximum atomic E-state index is 10.8. The van der Waals surface area contributed by atoms with E-state index in [4.69, 9.17) is 18.9 Å². The lowest BCUT2D eigenvalue weighted by atomic mass is 9.95. The Morgan fingerprint density at radius 2 is 0.553 bits per heavy atom. The van der Waals surface area contributed by atoms with Crippen molar-refractivity contribution in [1.82, 2.24) is 0 Å². The third-order valence-corrected chi connectivity index (χ3v) is 18.2. The molecule has 0 radical (unpaired) electrons. The summed E-state index contributed by atoms with van der Waals surface area (Å²) < 4.78 is 21.4. The van der Waals surface area contributed by atoms with E-state index >= 15 is 0 Å². The fraction of sp³-hybridized carbons (Fsp3) is 0.204. The van der Waals surface area contributed by atoms with Crippen molar-refractivity contribution >= 4 is 60.8 Å². The standard InChI is InChI=1S/C24H28O4.C21H24O4.C20H22O4.2C19H20O4/c1-15(2)5-10-19-18(9-7-17-8-12-21(25)23(27)13-17)14-22(26)20(24(19)28)11-6-16(3)4;1-14(2)4-8-19-16(11-18(23)12-17(19)13-22)7-5-15-6-9-20(24)21(10-15)25-3;1-14(2)8-9-24-18-11-16(10-17(21)13-18)5-4-15-6-7-19(22)20(12-15)23-3;1-12(2)3-7-16-14(10-15(20)11-18(16)22)6-4-13-5-8-17(21)19(23)9-13;1-13(2)7-8-23-17-10-15(9-16(20)12-17)4-3-14-5-6-18(21)19(22)11-14/h5-9,12-14,25-28H,10-11H2,1-4H3;4-7,9-12,22-24H,8,13H2,1-3H3;4-8,10-13,21-22H,9H2,1-3H3;3-6,8-11,20-23H,7H2,1-2H3;3-7,9-12,20-22H,8H2,1-2H3/b9-7+;7-5+;5-4+;6-4+;4-3+. The Hall–Kier alpha value is -14.5. The van der Waals surface area contributed by atoms with Crippen LogP contribution in [0.5, 0.6) is 109 Å². The first-order valence-corrected chi connectivity index (χ1v) is 39.4. The molecule has 20 nitrogen and oxygen atoms in total. The summed E-state index contributed by atoms with van der Waals surface area (Å²) in [6.07, 6.45) is 32.3. The molecule has 0 heterocycles. The number of phenols is 15. The summed E-state index contributed by atoms with van der Waals surface area (Å²) in [6.45, 7) is 24.7. The van der Waals surface area contributed by atoms with E-state index in [0.717, 1.165) is 66.8 Å². The molecule has 0 unspecified atom stereocenters. The fourth-order valence-electron chi connectivity index (χ4n) is 11.5. The number of rotatable bonds is 27. The van der Waals surface area contributed by atoms with Crippen molar-refractivity contribution in [1.29, 1.82) is 0 Å². The normalized spacial score (nSPS) is 10.8. The van der Waals surface area contributed by atoms with E-state index in [0.29, 0.717) is 101 Å². The molecule has 10 rings (SSSR count). The van der Waals surface area contributed by atoms with Gasteiger partial charge < -0.3 is 101 Å². The van der Waals surface area contributed by atoms with Crippen LogP contribution in [0.25, 0.3) is 60.8 Å². The molecule has 646 valence electrons. The maximum absolute atomic E-state index is 10.8. The van der Waals surface area contributed by atoms with Crippen LogP contribution < -0.4 is 18.9 Å². The van der Waals surface area contributed by atoms with Crippen molar-refractivity contribution in [2.24, 2.45) is 0 Å². The Bertz CT molecular complexity index is 5600. The van der Waals surface area contributed by atoms with Crippen LogP contribution in [-0.4, -0.2) is 109 Å². The molecular formula is C103H114O20. The van der Waals surface area contributed by atoms with Gasteiger partial charge in [0, 0.05) is 34.9 Å². The smallest absolute Gasteiger partial charge is 0.161 e. The summed E-state index contributed by atoms with van der Waals surface area (Å²) in [5.74, 6) is 1.65. The Morgan fingerprint density at radius 3 is 0.919 bits per heavy atom. The lowest BCUT2D eigenvalue weighted by Gasteiger charge is -2.14. The second-order valence-electron chi connectivity index (χ2n) is 30.1. The zero-order chi connectivity index (χ0) is 90.6. The van der Waals surface area contributed by atoms with Crippen molar-refractivity contribution in [2.45, 2.75) is 115 Å². The summed E-state index contributed by atoms with van der Waals surface area (Å²) in [4.78, 5) is 0. The molecule has 0 spiro atoms. The fourth-order valence-corrected chi connectivity index (χ4v) is 11.5. The summed E-state index contributed by atoms with van der Waals surface area (Å²) in [6, 6.07) is 41.7. The number of aliphatic hydroxyl groups excluding tert-OH is 1. The van der Waals surface area contributed by atoms with E-state index in [1.165, 1.54) is 67.8 Å². The molecule has 0 aromatic heterocycles. The average molecular weight is 1670 g/mol. The molecule has 0 saturated heterocycles. The van der Waals surface area contributed by atoms with E-state index in [1.54, 1.807) is 140 Å². The second-order valence-corrected chi connectivity index (χ2v) is 30.1. The van der Waals surface area contributed by atoms with Crippen molar-refractivity contribution < 1.29 is 101 Å². The summed E-state index contributed by atoms with van der Waals surface area (Å²) >= 11 is 0. The number of methoxy groups -OCH3 is 2. The number of hydrogen-bond acceptors (Lipinski definition) is 20. The largest absolute Gasteiger partial charge is 0.508 e. The number of phenolic OH excluding ortho intramolecular Hbond substituents is 15. The molecule has 123 heavy (non-hydrogen) atoms. The van der Waals surface area contributed by atoms with Crippen LogP contribution in [0.2, 0.25) is 0 Å². The van der Waals surface area contributed by atoms with E-state index in [9.17, 15) is 81.7 Å². The van der Waals surface area contributed by atoms with Gasteiger partial charge in [-0.15, -0.1) is 0 Å². The number of aromatic hydroxyl groups is 15. The first kappa shape index (κ1) is 97.3. The van der Waals surface area contributed by atoms with Crippen molar-refractivity contribution in [3.05, 3.63) is 311 Å². The Labute approximate surface area is 720 Å². The summed E-state index contributed by atoms with van der Waals surface area (Å²) in [5, 5.41) is 156. The van der Waals surface area contributed by atoms with Crippen molar-refractivity contribution in [3.8, 4) is 109 Å². The van der Waals surface area contributed by atoms with Gasteiger partial charge in [0.05, 0.1) is 20.8 Å².